The summed E-state index contributed by atoms with van der Waals surface area (Å²) in [6, 6.07) is -0.659. The molecule has 5 heteroatoms. The monoisotopic (exact) mass is 187 g/mol. The average Bonchev–Trinajstić information content (AvgIpc) is 1.97. The Morgan fingerprint density at radius 1 is 1.31 bits per heavy atom. The summed E-state index contributed by atoms with van der Waals surface area (Å²) in [6.45, 7) is 5.13. The first kappa shape index (κ1) is 11.9. The highest BCUT2D eigenvalue weighted by molar-refractivity contribution is 5.86. The smallest absolute Gasteiger partial charge is 0.239 e. The molecular weight excluding hydrogens is 170 g/mol. The largest absolute Gasteiger partial charge is 0.368 e. The van der Waals surface area contributed by atoms with Gasteiger partial charge >= 0.3 is 0 Å². The van der Waals surface area contributed by atoms with Gasteiger partial charge in [0.15, 0.2) is 0 Å². The minimum atomic E-state index is -0.596. The van der Waals surface area contributed by atoms with Crippen LogP contribution >= 0.6 is 0 Å². The predicted molar refractivity (Wildman–Crippen MR) is 49.7 cm³/mol. The minimum absolute atomic E-state index is 0.0639. The third kappa shape index (κ3) is 3.89. The Balaban J connectivity index is 4.42. The summed E-state index contributed by atoms with van der Waals surface area (Å²) >= 11 is 0. The van der Waals surface area contributed by atoms with E-state index < -0.39 is 11.9 Å². The Hall–Kier alpha value is -1.10. The molecule has 2 amide bonds. The molecule has 0 aromatic heterocycles. The summed E-state index contributed by atoms with van der Waals surface area (Å²) < 4.78 is 0. The van der Waals surface area contributed by atoms with E-state index in [4.69, 9.17) is 11.5 Å². The van der Waals surface area contributed by atoms with Crippen molar-refractivity contribution in [2.75, 3.05) is 6.54 Å². The van der Waals surface area contributed by atoms with Crippen molar-refractivity contribution in [2.45, 2.75) is 32.9 Å². The first-order valence-corrected chi connectivity index (χ1v) is 4.20. The minimum Gasteiger partial charge on any atom is -0.368 e. The van der Waals surface area contributed by atoms with Crippen LogP contribution in [-0.2, 0) is 9.59 Å². The zero-order valence-electron chi connectivity index (χ0n) is 8.28. The summed E-state index contributed by atoms with van der Waals surface area (Å²) in [5, 5.41) is 0. The molecule has 13 heavy (non-hydrogen) atoms. The van der Waals surface area contributed by atoms with Gasteiger partial charge in [0.2, 0.25) is 11.8 Å². The second-order valence-corrected chi connectivity index (χ2v) is 3.31. The molecule has 0 aliphatic carbocycles. The van der Waals surface area contributed by atoms with Crippen LogP contribution in [0.4, 0.5) is 0 Å². The van der Waals surface area contributed by atoms with Crippen molar-refractivity contribution in [3.63, 3.8) is 0 Å². The number of hydrogen-bond donors (Lipinski definition) is 2. The van der Waals surface area contributed by atoms with E-state index in [9.17, 15) is 9.59 Å². The molecule has 0 rings (SSSR count). The molecule has 0 aliphatic heterocycles. The molecule has 0 saturated carbocycles. The van der Waals surface area contributed by atoms with Crippen molar-refractivity contribution in [2.24, 2.45) is 11.5 Å². The van der Waals surface area contributed by atoms with E-state index in [1.54, 1.807) is 6.92 Å². The van der Waals surface area contributed by atoms with E-state index in [1.165, 1.54) is 4.90 Å². The van der Waals surface area contributed by atoms with E-state index in [1.807, 2.05) is 13.8 Å². The van der Waals surface area contributed by atoms with Gasteiger partial charge < -0.3 is 16.4 Å². The number of nitrogens with zero attached hydrogens (tertiary/aromatic N) is 1. The van der Waals surface area contributed by atoms with Crippen molar-refractivity contribution in [1.82, 2.24) is 4.90 Å². The molecule has 0 aromatic carbocycles. The fraction of sp³-hybridized carbons (Fsp3) is 0.750. The first-order chi connectivity index (χ1) is 5.86. The van der Waals surface area contributed by atoms with Gasteiger partial charge in [0.1, 0.15) is 0 Å². The molecule has 0 aliphatic rings. The van der Waals surface area contributed by atoms with E-state index in [2.05, 4.69) is 0 Å². The summed E-state index contributed by atoms with van der Waals surface area (Å²) in [5.41, 5.74) is 10.4. The molecule has 4 N–H and O–H groups in total. The number of nitrogens with two attached hydrogens (primary N) is 2. The second kappa shape index (κ2) is 4.81. The molecule has 0 unspecified atom stereocenters. The second-order valence-electron chi connectivity index (χ2n) is 3.31. The quantitative estimate of drug-likeness (QED) is 0.595. The molecular formula is C8H17N3O2. The standard InChI is InChI=1S/C8H17N3O2/c1-5(2)11(4-7(10)12)8(13)6(3)9/h5-6H,4,9H2,1-3H3,(H2,10,12)/t6-/m1/s1. The molecule has 0 bridgehead atoms. The molecule has 0 fully saturated rings. The van der Waals surface area contributed by atoms with Gasteiger partial charge in [-0.3, -0.25) is 9.59 Å². The predicted octanol–water partition coefficient (Wildman–Crippen LogP) is -0.944. The number of hydrogen-bond acceptors (Lipinski definition) is 3. The molecule has 0 heterocycles. The lowest BCUT2D eigenvalue weighted by molar-refractivity contribution is -0.137. The van der Waals surface area contributed by atoms with Crippen LogP contribution in [0.25, 0.3) is 0 Å². The Morgan fingerprint density at radius 3 is 2.00 bits per heavy atom. The highest BCUT2D eigenvalue weighted by atomic mass is 16.2. The number of carbonyl (C=O) groups is 2. The molecule has 0 spiro atoms. The maximum atomic E-state index is 11.4. The summed E-state index contributed by atoms with van der Waals surface area (Å²) in [4.78, 5) is 23.4. The van der Waals surface area contributed by atoms with Gasteiger partial charge in [-0.2, -0.15) is 0 Å². The van der Waals surface area contributed by atoms with Gasteiger partial charge in [0, 0.05) is 6.04 Å². The third-order valence-electron chi connectivity index (χ3n) is 1.62. The van der Waals surface area contributed by atoms with Crippen molar-refractivity contribution >= 4 is 11.8 Å². The van der Waals surface area contributed by atoms with Gasteiger partial charge in [0.05, 0.1) is 12.6 Å². The van der Waals surface area contributed by atoms with E-state index in [0.29, 0.717) is 0 Å². The summed E-state index contributed by atoms with van der Waals surface area (Å²) in [6.07, 6.45) is 0. The SMILES string of the molecule is CC(C)N(CC(N)=O)C(=O)[C@@H](C)N. The lowest BCUT2D eigenvalue weighted by atomic mass is 10.2. The molecule has 0 radical (unpaired) electrons. The van der Waals surface area contributed by atoms with Crippen LogP contribution in [0.2, 0.25) is 0 Å². The van der Waals surface area contributed by atoms with Crippen molar-refractivity contribution in [3.8, 4) is 0 Å². The van der Waals surface area contributed by atoms with E-state index >= 15 is 0 Å². The van der Waals surface area contributed by atoms with Gasteiger partial charge in [0.25, 0.3) is 0 Å². The zero-order valence-corrected chi connectivity index (χ0v) is 8.28. The lowest BCUT2D eigenvalue weighted by Gasteiger charge is -2.26. The van der Waals surface area contributed by atoms with Crippen LogP contribution in [-0.4, -0.2) is 35.3 Å². The van der Waals surface area contributed by atoms with Crippen molar-refractivity contribution in [1.29, 1.82) is 0 Å². The molecule has 1 atom stereocenters. The fourth-order valence-electron chi connectivity index (χ4n) is 0.944. The zero-order chi connectivity index (χ0) is 10.6. The Kier molecular flexibility index (Phi) is 4.40. The maximum absolute atomic E-state index is 11.4. The number of primary amides is 1. The van der Waals surface area contributed by atoms with Crippen LogP contribution in [0.3, 0.4) is 0 Å². The topological polar surface area (TPSA) is 89.4 Å². The highest BCUT2D eigenvalue weighted by Gasteiger charge is 2.21. The van der Waals surface area contributed by atoms with Gasteiger partial charge in [-0.15, -0.1) is 0 Å². The Bertz CT molecular complexity index is 202. The Labute approximate surface area is 78.1 Å². The number of rotatable bonds is 4. The first-order valence-electron chi connectivity index (χ1n) is 4.20. The number of amides is 2. The van der Waals surface area contributed by atoms with Gasteiger partial charge in [-0.1, -0.05) is 0 Å². The lowest BCUT2D eigenvalue weighted by Crippen LogP contribution is -2.48. The van der Waals surface area contributed by atoms with Crippen LogP contribution in [0, 0.1) is 0 Å². The summed E-state index contributed by atoms with van der Waals surface area (Å²) in [7, 11) is 0. The van der Waals surface area contributed by atoms with Crippen LogP contribution in [0.1, 0.15) is 20.8 Å². The van der Waals surface area contributed by atoms with Crippen LogP contribution < -0.4 is 11.5 Å². The van der Waals surface area contributed by atoms with Crippen molar-refractivity contribution in [3.05, 3.63) is 0 Å². The van der Waals surface area contributed by atoms with E-state index in [-0.39, 0.29) is 18.5 Å². The summed E-state index contributed by atoms with van der Waals surface area (Å²) in [5.74, 6) is -0.781. The average molecular weight is 187 g/mol. The van der Waals surface area contributed by atoms with Gasteiger partial charge in [-0.25, -0.2) is 0 Å². The van der Waals surface area contributed by atoms with Crippen LogP contribution in [0.15, 0.2) is 0 Å². The van der Waals surface area contributed by atoms with Gasteiger partial charge in [-0.05, 0) is 20.8 Å². The molecule has 0 aromatic rings. The number of carbonyl (C=O) groups excluding carboxylic acids is 2. The Morgan fingerprint density at radius 2 is 1.77 bits per heavy atom. The van der Waals surface area contributed by atoms with Crippen molar-refractivity contribution < 1.29 is 9.59 Å². The molecule has 5 nitrogen and oxygen atoms in total. The molecule has 0 saturated heterocycles. The van der Waals surface area contributed by atoms with Crippen LogP contribution in [0.5, 0.6) is 0 Å². The highest BCUT2D eigenvalue weighted by Crippen LogP contribution is 2.00. The maximum Gasteiger partial charge on any atom is 0.239 e. The molecule has 76 valence electrons. The normalized spacial score (nSPS) is 12.7. The fourth-order valence-corrected chi connectivity index (χ4v) is 0.944. The third-order valence-corrected chi connectivity index (χ3v) is 1.62. The van der Waals surface area contributed by atoms with E-state index in [0.717, 1.165) is 0 Å².